The van der Waals surface area contributed by atoms with Crippen LogP contribution in [0.4, 0.5) is 10.1 Å². The minimum Gasteiger partial charge on any atom is -0.330 e. The Morgan fingerprint density at radius 1 is 1.13 bits per heavy atom. The highest BCUT2D eigenvalue weighted by Gasteiger charge is 2.59. The molecule has 1 saturated heterocycles. The summed E-state index contributed by atoms with van der Waals surface area (Å²) in [5, 5.41) is 2.84. The minimum absolute atomic E-state index is 0.0953. The van der Waals surface area contributed by atoms with Gasteiger partial charge in [-0.05, 0) is 41.8 Å². The zero-order valence-corrected chi connectivity index (χ0v) is 16.9. The fourth-order valence-electron chi connectivity index (χ4n) is 4.76. The van der Waals surface area contributed by atoms with E-state index in [0.717, 1.165) is 5.56 Å². The van der Waals surface area contributed by atoms with Gasteiger partial charge in [-0.1, -0.05) is 41.9 Å². The van der Waals surface area contributed by atoms with Gasteiger partial charge in [-0.25, -0.2) is 4.39 Å². The monoisotopic (exact) mass is 437 g/mol. The lowest BCUT2D eigenvalue weighted by Gasteiger charge is -2.34. The molecule has 0 bridgehead atoms. The van der Waals surface area contributed by atoms with Gasteiger partial charge in [0.2, 0.25) is 5.91 Å². The zero-order chi connectivity index (χ0) is 21.8. The highest BCUT2D eigenvalue weighted by Crippen LogP contribution is 2.54. The Hall–Kier alpha value is -3.45. The molecule has 2 atom stereocenters. The van der Waals surface area contributed by atoms with E-state index >= 15 is 0 Å². The molecule has 0 aliphatic carbocycles. The van der Waals surface area contributed by atoms with Crippen LogP contribution in [0.5, 0.6) is 0 Å². The Bertz CT molecular complexity index is 1270. The quantitative estimate of drug-likeness (QED) is 0.642. The summed E-state index contributed by atoms with van der Waals surface area (Å²) < 4.78 is 13.7. The number of H-pyrrole nitrogens is 1. The number of pyridine rings is 1. The number of hydrogen-bond donors (Lipinski definition) is 2. The molecule has 2 aliphatic rings. The molecule has 0 saturated carbocycles. The summed E-state index contributed by atoms with van der Waals surface area (Å²) in [4.78, 5) is 42.4. The van der Waals surface area contributed by atoms with Crippen LogP contribution in [0.2, 0.25) is 5.02 Å². The third kappa shape index (κ3) is 2.88. The molecule has 3 heterocycles. The number of likely N-dealkylation sites (tertiary alicyclic amines) is 1. The van der Waals surface area contributed by atoms with E-state index in [1.54, 1.807) is 17.0 Å². The molecule has 2 amide bonds. The number of aromatic amines is 1. The number of fused-ring (bicyclic) bond motifs is 2. The highest BCUT2D eigenvalue weighted by atomic mass is 35.5. The van der Waals surface area contributed by atoms with Gasteiger partial charge >= 0.3 is 0 Å². The van der Waals surface area contributed by atoms with Crippen molar-refractivity contribution < 1.29 is 14.0 Å². The first-order valence-corrected chi connectivity index (χ1v) is 10.2. The van der Waals surface area contributed by atoms with Gasteiger partial charge in [-0.15, -0.1) is 0 Å². The molecule has 1 fully saturated rings. The fourth-order valence-corrected chi connectivity index (χ4v) is 4.93. The minimum atomic E-state index is -1.00. The summed E-state index contributed by atoms with van der Waals surface area (Å²) in [6, 6.07) is 13.9. The molecular weight excluding hydrogens is 421 g/mol. The molecule has 2 aliphatic heterocycles. The number of amides is 2. The van der Waals surface area contributed by atoms with Crippen molar-refractivity contribution in [1.29, 1.82) is 0 Å². The highest BCUT2D eigenvalue weighted by molar-refractivity contribution is 6.30. The lowest BCUT2D eigenvalue weighted by molar-refractivity contribution is -0.121. The van der Waals surface area contributed by atoms with E-state index < -0.39 is 22.8 Å². The number of carbonyl (C=O) groups excluding carboxylic acids is 2. The van der Waals surface area contributed by atoms with E-state index in [-0.39, 0.29) is 22.4 Å². The second kappa shape index (κ2) is 7.06. The van der Waals surface area contributed by atoms with Crippen LogP contribution in [0.1, 0.15) is 33.9 Å². The summed E-state index contributed by atoms with van der Waals surface area (Å²) in [7, 11) is 0. The molecule has 3 aromatic rings. The lowest BCUT2D eigenvalue weighted by Crippen LogP contribution is -2.42. The van der Waals surface area contributed by atoms with Crippen LogP contribution in [-0.4, -0.2) is 28.2 Å². The van der Waals surface area contributed by atoms with Gasteiger partial charge in [0.15, 0.2) is 0 Å². The second-order valence-electron chi connectivity index (χ2n) is 7.74. The Labute approximate surface area is 181 Å². The van der Waals surface area contributed by atoms with Gasteiger partial charge in [0.05, 0.1) is 11.6 Å². The Morgan fingerprint density at radius 3 is 2.61 bits per heavy atom. The average Bonchev–Trinajstić information content (AvgIpc) is 3.30. The van der Waals surface area contributed by atoms with E-state index in [2.05, 4.69) is 10.3 Å². The Balaban J connectivity index is 1.67. The van der Waals surface area contributed by atoms with Crippen molar-refractivity contribution in [3.05, 3.63) is 98.7 Å². The summed E-state index contributed by atoms with van der Waals surface area (Å²) >= 11 is 5.93. The molecule has 156 valence electrons. The number of aromatic nitrogens is 1. The van der Waals surface area contributed by atoms with Crippen molar-refractivity contribution >= 4 is 29.1 Å². The number of benzene rings is 2. The molecule has 1 aromatic heterocycles. The third-order valence-corrected chi connectivity index (χ3v) is 6.42. The number of halogens is 2. The molecular formula is C23H17ClFN3O3. The molecule has 2 aromatic carbocycles. The largest absolute Gasteiger partial charge is 0.330 e. The number of carbonyl (C=O) groups is 2. The number of nitrogens with one attached hydrogen (secondary N) is 2. The fraction of sp³-hybridized carbons (Fsp3) is 0.174. The normalized spacial score (nSPS) is 21.9. The van der Waals surface area contributed by atoms with Crippen molar-refractivity contribution in [3.8, 4) is 0 Å². The first kappa shape index (κ1) is 19.5. The van der Waals surface area contributed by atoms with Gasteiger partial charge in [0.25, 0.3) is 11.5 Å². The van der Waals surface area contributed by atoms with Gasteiger partial charge in [0, 0.05) is 18.4 Å². The summed E-state index contributed by atoms with van der Waals surface area (Å²) in [5.41, 5.74) is 0.881. The van der Waals surface area contributed by atoms with E-state index in [1.165, 1.54) is 24.4 Å². The van der Waals surface area contributed by atoms with Gasteiger partial charge in [0.1, 0.15) is 16.3 Å². The lowest BCUT2D eigenvalue weighted by atomic mass is 9.72. The summed E-state index contributed by atoms with van der Waals surface area (Å²) in [5.74, 6) is -0.975. The van der Waals surface area contributed by atoms with E-state index in [0.29, 0.717) is 24.2 Å². The number of nitrogens with zero attached hydrogens (tertiary/aromatic N) is 1. The van der Waals surface area contributed by atoms with Crippen LogP contribution < -0.4 is 10.9 Å². The first-order valence-electron chi connectivity index (χ1n) is 9.77. The third-order valence-electron chi connectivity index (χ3n) is 6.14. The molecule has 1 spiro atoms. The smallest absolute Gasteiger partial charge is 0.266 e. The van der Waals surface area contributed by atoms with Crippen molar-refractivity contribution in [2.75, 3.05) is 11.9 Å². The zero-order valence-electron chi connectivity index (χ0n) is 16.2. The maximum absolute atomic E-state index is 13.7. The van der Waals surface area contributed by atoms with Crippen LogP contribution in [0.15, 0.2) is 65.6 Å². The number of rotatable bonds is 2. The number of hydrogen-bond acceptors (Lipinski definition) is 3. The Kier molecular flexibility index (Phi) is 4.44. The molecule has 2 N–H and O–H groups in total. The van der Waals surface area contributed by atoms with Crippen LogP contribution in [0.3, 0.4) is 0 Å². The van der Waals surface area contributed by atoms with E-state index in [1.807, 2.05) is 24.3 Å². The van der Waals surface area contributed by atoms with Crippen LogP contribution >= 0.6 is 11.6 Å². The van der Waals surface area contributed by atoms with E-state index in [9.17, 15) is 18.8 Å². The molecule has 31 heavy (non-hydrogen) atoms. The maximum atomic E-state index is 13.7. The number of anilines is 1. The van der Waals surface area contributed by atoms with Gasteiger partial charge in [-0.2, -0.15) is 0 Å². The van der Waals surface area contributed by atoms with Gasteiger partial charge < -0.3 is 15.2 Å². The molecule has 8 heteroatoms. The molecule has 5 rings (SSSR count). The van der Waals surface area contributed by atoms with Crippen LogP contribution in [0.25, 0.3) is 0 Å². The first-order chi connectivity index (χ1) is 14.9. The van der Waals surface area contributed by atoms with Crippen molar-refractivity contribution in [1.82, 2.24) is 9.88 Å². The SMILES string of the molecule is O=C(c1c[nH]c(=O)c(Cl)c1)N1CC[C@]2(C(=O)Nc3ccccc32)[C@@H]1c1ccc(F)cc1. The molecule has 6 nitrogen and oxygen atoms in total. The number of para-hydroxylation sites is 1. The second-order valence-corrected chi connectivity index (χ2v) is 8.15. The Morgan fingerprint density at radius 2 is 1.87 bits per heavy atom. The van der Waals surface area contributed by atoms with Crippen LogP contribution in [0, 0.1) is 5.82 Å². The molecule has 0 radical (unpaired) electrons. The van der Waals surface area contributed by atoms with Crippen molar-refractivity contribution in [2.24, 2.45) is 0 Å². The topological polar surface area (TPSA) is 82.3 Å². The molecule has 0 unspecified atom stereocenters. The van der Waals surface area contributed by atoms with Crippen molar-refractivity contribution in [3.63, 3.8) is 0 Å². The van der Waals surface area contributed by atoms with E-state index in [4.69, 9.17) is 11.6 Å². The summed E-state index contributed by atoms with van der Waals surface area (Å²) in [6.45, 7) is 0.305. The predicted octanol–water partition coefficient (Wildman–Crippen LogP) is 3.64. The van der Waals surface area contributed by atoms with Gasteiger partial charge in [-0.3, -0.25) is 14.4 Å². The average molecular weight is 438 g/mol. The van der Waals surface area contributed by atoms with Crippen LogP contribution in [-0.2, 0) is 10.2 Å². The predicted molar refractivity (Wildman–Crippen MR) is 114 cm³/mol. The standard InChI is InChI=1S/C23H17ClFN3O3/c24-17-11-14(12-26-20(17)29)21(30)28-10-9-23(19(28)13-5-7-15(25)8-6-13)16-3-1-2-4-18(16)27-22(23)31/h1-8,11-12,19H,9-10H2,(H,26,29)(H,27,31)/t19-,23+/m0/s1. The van der Waals surface area contributed by atoms with Crippen molar-refractivity contribution in [2.45, 2.75) is 17.9 Å². The summed E-state index contributed by atoms with van der Waals surface area (Å²) in [6.07, 6.45) is 1.71. The maximum Gasteiger partial charge on any atom is 0.266 e.